The first-order valence-corrected chi connectivity index (χ1v) is 6.13. The summed E-state index contributed by atoms with van der Waals surface area (Å²) in [7, 11) is 0. The van der Waals surface area contributed by atoms with Gasteiger partial charge in [-0.2, -0.15) is 0 Å². The minimum atomic E-state index is -0.765. The van der Waals surface area contributed by atoms with E-state index < -0.39 is 6.10 Å². The zero-order chi connectivity index (χ0) is 13.0. The number of benzene rings is 1. The third-order valence-electron chi connectivity index (χ3n) is 2.85. The smallest absolute Gasteiger partial charge is 0.227 e. The number of anilines is 2. The molecular weight excluding hydrogens is 232 g/mol. The molecule has 0 saturated heterocycles. The highest BCUT2D eigenvalue weighted by molar-refractivity contribution is 5.94. The molecule has 1 unspecified atom stereocenters. The molecular formula is C13H18N2O3. The van der Waals surface area contributed by atoms with E-state index in [1.807, 2.05) is 24.3 Å². The molecule has 5 nitrogen and oxygen atoms in total. The third kappa shape index (κ3) is 3.72. The Labute approximate surface area is 106 Å². The second-order valence-corrected chi connectivity index (χ2v) is 4.56. The zero-order valence-corrected chi connectivity index (χ0v) is 10.1. The monoisotopic (exact) mass is 250 g/mol. The van der Waals surface area contributed by atoms with E-state index in [9.17, 15) is 9.90 Å². The molecule has 0 aromatic heterocycles. The summed E-state index contributed by atoms with van der Waals surface area (Å²) in [6, 6.07) is 7.28. The number of carbonyl (C=O) groups excluding carboxylic acids is 1. The van der Waals surface area contributed by atoms with E-state index in [-0.39, 0.29) is 18.4 Å². The van der Waals surface area contributed by atoms with Crippen LogP contribution >= 0.6 is 0 Å². The molecule has 5 heteroatoms. The lowest BCUT2D eigenvalue weighted by Gasteiger charge is -2.11. The van der Waals surface area contributed by atoms with Gasteiger partial charge in [0.05, 0.1) is 12.7 Å². The van der Waals surface area contributed by atoms with E-state index in [4.69, 9.17) is 5.11 Å². The third-order valence-corrected chi connectivity index (χ3v) is 2.85. The van der Waals surface area contributed by atoms with E-state index in [1.165, 1.54) is 0 Å². The molecule has 1 fully saturated rings. The molecule has 1 saturated carbocycles. The summed E-state index contributed by atoms with van der Waals surface area (Å²) < 4.78 is 0. The Morgan fingerprint density at radius 2 is 1.89 bits per heavy atom. The van der Waals surface area contributed by atoms with Gasteiger partial charge in [0.2, 0.25) is 5.91 Å². The molecule has 1 aromatic carbocycles. The van der Waals surface area contributed by atoms with Crippen LogP contribution in [0.2, 0.25) is 0 Å². The van der Waals surface area contributed by atoms with Crippen molar-refractivity contribution in [3.05, 3.63) is 24.3 Å². The van der Waals surface area contributed by atoms with E-state index in [0.717, 1.165) is 24.2 Å². The highest BCUT2D eigenvalue weighted by Gasteiger charge is 2.29. The molecule has 0 bridgehead atoms. The number of aliphatic hydroxyl groups is 2. The van der Waals surface area contributed by atoms with Crippen LogP contribution < -0.4 is 10.6 Å². The van der Waals surface area contributed by atoms with Gasteiger partial charge in [0.1, 0.15) is 0 Å². The molecule has 2 rings (SSSR count). The second kappa shape index (κ2) is 5.84. The van der Waals surface area contributed by atoms with Crippen molar-refractivity contribution in [1.29, 1.82) is 0 Å². The average molecular weight is 250 g/mol. The normalized spacial score (nSPS) is 16.1. The number of hydrogen-bond donors (Lipinski definition) is 4. The summed E-state index contributed by atoms with van der Waals surface area (Å²) in [5, 5.41) is 23.7. The van der Waals surface area contributed by atoms with E-state index in [2.05, 4.69) is 10.6 Å². The van der Waals surface area contributed by atoms with Crippen molar-refractivity contribution < 1.29 is 15.0 Å². The Kier molecular flexibility index (Phi) is 4.17. The summed E-state index contributed by atoms with van der Waals surface area (Å²) in [5.41, 5.74) is 1.62. The SMILES string of the molecule is O=C(Nc1ccc(NCC(O)CO)cc1)C1CC1. The number of rotatable bonds is 6. The molecule has 0 heterocycles. The van der Waals surface area contributed by atoms with Crippen LogP contribution in [0.15, 0.2) is 24.3 Å². The molecule has 1 aliphatic carbocycles. The number of nitrogens with one attached hydrogen (secondary N) is 2. The fourth-order valence-electron chi connectivity index (χ4n) is 1.56. The second-order valence-electron chi connectivity index (χ2n) is 4.56. The minimum Gasteiger partial charge on any atom is -0.394 e. The zero-order valence-electron chi connectivity index (χ0n) is 10.1. The molecule has 4 N–H and O–H groups in total. The Morgan fingerprint density at radius 1 is 1.28 bits per heavy atom. The van der Waals surface area contributed by atoms with Crippen LogP contribution in [-0.2, 0) is 4.79 Å². The van der Waals surface area contributed by atoms with Gasteiger partial charge in [-0.25, -0.2) is 0 Å². The fraction of sp³-hybridized carbons (Fsp3) is 0.462. The lowest BCUT2D eigenvalue weighted by molar-refractivity contribution is -0.117. The summed E-state index contributed by atoms with van der Waals surface area (Å²) in [6.07, 6.45) is 1.22. The van der Waals surface area contributed by atoms with Crippen molar-refractivity contribution in [3.63, 3.8) is 0 Å². The van der Waals surface area contributed by atoms with Crippen LogP contribution in [0.4, 0.5) is 11.4 Å². The van der Waals surface area contributed by atoms with Crippen molar-refractivity contribution in [2.45, 2.75) is 18.9 Å². The summed E-state index contributed by atoms with van der Waals surface area (Å²) in [6.45, 7) is 0.0345. The molecule has 0 radical (unpaired) electrons. The number of carbonyl (C=O) groups is 1. The Balaban J connectivity index is 1.82. The van der Waals surface area contributed by atoms with Crippen LogP contribution in [0, 0.1) is 5.92 Å². The van der Waals surface area contributed by atoms with Crippen molar-refractivity contribution >= 4 is 17.3 Å². The van der Waals surface area contributed by atoms with Gasteiger partial charge in [0.25, 0.3) is 0 Å². The first-order chi connectivity index (χ1) is 8.69. The molecule has 1 amide bonds. The maximum absolute atomic E-state index is 11.5. The fourth-order valence-corrected chi connectivity index (χ4v) is 1.56. The minimum absolute atomic E-state index is 0.0893. The molecule has 1 aliphatic rings. The Bertz CT molecular complexity index is 401. The highest BCUT2D eigenvalue weighted by Crippen LogP contribution is 2.30. The highest BCUT2D eigenvalue weighted by atomic mass is 16.3. The maximum atomic E-state index is 11.5. The predicted octanol–water partition coefficient (Wildman–Crippen LogP) is 0.800. The van der Waals surface area contributed by atoms with Crippen molar-refractivity contribution in [2.75, 3.05) is 23.8 Å². The molecule has 0 spiro atoms. The van der Waals surface area contributed by atoms with Crippen molar-refractivity contribution in [2.24, 2.45) is 5.92 Å². The van der Waals surface area contributed by atoms with Gasteiger partial charge in [-0.3, -0.25) is 4.79 Å². The summed E-state index contributed by atoms with van der Waals surface area (Å²) >= 11 is 0. The van der Waals surface area contributed by atoms with E-state index >= 15 is 0 Å². The number of hydrogen-bond acceptors (Lipinski definition) is 4. The first kappa shape index (κ1) is 12.9. The topological polar surface area (TPSA) is 81.6 Å². The summed E-state index contributed by atoms with van der Waals surface area (Å²) in [4.78, 5) is 11.5. The quantitative estimate of drug-likeness (QED) is 0.602. The van der Waals surface area contributed by atoms with Crippen LogP contribution in [0.3, 0.4) is 0 Å². The van der Waals surface area contributed by atoms with Gasteiger partial charge in [-0.15, -0.1) is 0 Å². The van der Waals surface area contributed by atoms with Crippen LogP contribution in [0.25, 0.3) is 0 Å². The van der Waals surface area contributed by atoms with Gasteiger partial charge >= 0.3 is 0 Å². The summed E-state index contributed by atoms with van der Waals surface area (Å²) in [5.74, 6) is 0.286. The predicted molar refractivity (Wildman–Crippen MR) is 69.4 cm³/mol. The van der Waals surface area contributed by atoms with Gasteiger partial charge in [0, 0.05) is 23.8 Å². The van der Waals surface area contributed by atoms with Gasteiger partial charge in [-0.05, 0) is 37.1 Å². The van der Waals surface area contributed by atoms with Gasteiger partial charge in [-0.1, -0.05) is 0 Å². The van der Waals surface area contributed by atoms with E-state index in [0.29, 0.717) is 6.54 Å². The molecule has 1 atom stereocenters. The van der Waals surface area contributed by atoms with Gasteiger partial charge in [0.15, 0.2) is 0 Å². The lowest BCUT2D eigenvalue weighted by atomic mass is 10.2. The van der Waals surface area contributed by atoms with Crippen LogP contribution in [0.5, 0.6) is 0 Å². The Morgan fingerprint density at radius 3 is 2.44 bits per heavy atom. The van der Waals surface area contributed by atoms with Crippen LogP contribution in [-0.4, -0.2) is 35.4 Å². The standard InChI is InChI=1S/C13H18N2O3/c16-8-12(17)7-14-10-3-5-11(6-4-10)15-13(18)9-1-2-9/h3-6,9,12,14,16-17H,1-2,7-8H2,(H,15,18). The lowest BCUT2D eigenvalue weighted by Crippen LogP contribution is -2.22. The van der Waals surface area contributed by atoms with Gasteiger partial charge < -0.3 is 20.8 Å². The maximum Gasteiger partial charge on any atom is 0.227 e. The first-order valence-electron chi connectivity index (χ1n) is 6.13. The van der Waals surface area contributed by atoms with Crippen LogP contribution in [0.1, 0.15) is 12.8 Å². The van der Waals surface area contributed by atoms with Crippen molar-refractivity contribution in [1.82, 2.24) is 0 Å². The molecule has 18 heavy (non-hydrogen) atoms. The van der Waals surface area contributed by atoms with E-state index in [1.54, 1.807) is 0 Å². The Hall–Kier alpha value is -1.59. The largest absolute Gasteiger partial charge is 0.394 e. The van der Waals surface area contributed by atoms with Crippen molar-refractivity contribution in [3.8, 4) is 0 Å². The molecule has 98 valence electrons. The molecule has 1 aromatic rings. The number of aliphatic hydroxyl groups excluding tert-OH is 2. The number of amides is 1. The average Bonchev–Trinajstić information content (AvgIpc) is 3.21. The molecule has 0 aliphatic heterocycles.